The van der Waals surface area contributed by atoms with Gasteiger partial charge < -0.3 is 19.2 Å². The molecule has 2 aromatic rings. The van der Waals surface area contributed by atoms with Crippen molar-refractivity contribution in [1.82, 2.24) is 14.9 Å². The molecule has 2 aliphatic rings. The molecule has 7 nitrogen and oxygen atoms in total. The molecule has 8 heteroatoms. The van der Waals surface area contributed by atoms with Crippen LogP contribution in [0.15, 0.2) is 6.33 Å². The van der Waals surface area contributed by atoms with E-state index in [-0.39, 0.29) is 24.2 Å². The SMILES string of the molecule is CN(C(=O)OC(C)(C)C)C1CCC(Oc2ncnc3sc4c(c23)[C@@H](CC=O)CC4)CC1. The molecule has 0 aromatic carbocycles. The molecule has 1 atom stereocenters. The minimum Gasteiger partial charge on any atom is -0.474 e. The summed E-state index contributed by atoms with van der Waals surface area (Å²) in [7, 11) is 1.82. The quantitative estimate of drug-likeness (QED) is 0.611. The Labute approximate surface area is 187 Å². The molecule has 0 bridgehead atoms. The highest BCUT2D eigenvalue weighted by Crippen LogP contribution is 2.47. The lowest BCUT2D eigenvalue weighted by molar-refractivity contribution is -0.108. The van der Waals surface area contributed by atoms with Crippen LogP contribution in [0.2, 0.25) is 0 Å². The summed E-state index contributed by atoms with van der Waals surface area (Å²) in [5.74, 6) is 0.886. The normalized spacial score (nSPS) is 23.4. The molecule has 168 valence electrons. The monoisotopic (exact) mass is 445 g/mol. The molecular formula is C23H31N3O4S. The van der Waals surface area contributed by atoms with Crippen LogP contribution in [0.5, 0.6) is 5.88 Å². The van der Waals surface area contributed by atoms with Crippen molar-refractivity contribution in [3.8, 4) is 5.88 Å². The summed E-state index contributed by atoms with van der Waals surface area (Å²) in [6.07, 6.45) is 8.34. The van der Waals surface area contributed by atoms with Gasteiger partial charge in [-0.25, -0.2) is 14.8 Å². The highest BCUT2D eigenvalue weighted by atomic mass is 32.1. The second-order valence-electron chi connectivity index (χ2n) is 9.58. The zero-order valence-corrected chi connectivity index (χ0v) is 19.5. The fourth-order valence-corrected chi connectivity index (χ4v) is 5.90. The maximum absolute atomic E-state index is 12.4. The largest absolute Gasteiger partial charge is 0.474 e. The Bertz CT molecular complexity index is 960. The number of ether oxygens (including phenoxy) is 2. The minimum atomic E-state index is -0.494. The number of amides is 1. The number of carbonyl (C=O) groups is 2. The number of rotatable bonds is 5. The highest BCUT2D eigenvalue weighted by molar-refractivity contribution is 7.19. The van der Waals surface area contributed by atoms with Crippen molar-refractivity contribution in [1.29, 1.82) is 0 Å². The van der Waals surface area contributed by atoms with Crippen molar-refractivity contribution >= 4 is 33.9 Å². The molecule has 2 aliphatic carbocycles. The van der Waals surface area contributed by atoms with Gasteiger partial charge >= 0.3 is 6.09 Å². The van der Waals surface area contributed by atoms with Crippen LogP contribution >= 0.6 is 11.3 Å². The Morgan fingerprint density at radius 2 is 1.97 bits per heavy atom. The molecule has 1 amide bonds. The maximum atomic E-state index is 12.4. The second kappa shape index (κ2) is 8.73. The van der Waals surface area contributed by atoms with E-state index < -0.39 is 5.60 Å². The van der Waals surface area contributed by atoms with Gasteiger partial charge in [-0.2, -0.15) is 0 Å². The average molecular weight is 446 g/mol. The summed E-state index contributed by atoms with van der Waals surface area (Å²) in [5.41, 5.74) is 0.730. The summed E-state index contributed by atoms with van der Waals surface area (Å²) in [6, 6.07) is 0.155. The van der Waals surface area contributed by atoms with Gasteiger partial charge in [0, 0.05) is 24.4 Å². The van der Waals surface area contributed by atoms with Gasteiger partial charge in [-0.05, 0) is 70.8 Å². The average Bonchev–Trinajstić information content (AvgIpc) is 3.27. The number of thiophene rings is 1. The predicted octanol–water partition coefficient (Wildman–Crippen LogP) is 4.87. The first kappa shape index (κ1) is 22.0. The number of aromatic nitrogens is 2. The van der Waals surface area contributed by atoms with Crippen LogP contribution in [0.4, 0.5) is 4.79 Å². The number of aryl methyl sites for hydroxylation is 1. The second-order valence-corrected chi connectivity index (χ2v) is 10.7. The molecule has 0 spiro atoms. The number of nitrogens with zero attached hydrogens (tertiary/aromatic N) is 3. The summed E-state index contributed by atoms with van der Waals surface area (Å²) in [5, 5.41) is 1.000. The number of fused-ring (bicyclic) bond motifs is 3. The number of aldehydes is 1. The van der Waals surface area contributed by atoms with Crippen LogP contribution in [-0.2, 0) is 16.0 Å². The van der Waals surface area contributed by atoms with Gasteiger partial charge in [-0.15, -0.1) is 11.3 Å². The van der Waals surface area contributed by atoms with Gasteiger partial charge in [0.2, 0.25) is 5.88 Å². The third-order valence-electron chi connectivity index (χ3n) is 6.23. The van der Waals surface area contributed by atoms with E-state index in [1.807, 2.05) is 27.8 Å². The van der Waals surface area contributed by atoms with Gasteiger partial charge in [-0.3, -0.25) is 0 Å². The lowest BCUT2D eigenvalue weighted by Crippen LogP contribution is -2.43. The van der Waals surface area contributed by atoms with Gasteiger partial charge in [0.15, 0.2) is 0 Å². The zero-order chi connectivity index (χ0) is 22.2. The Morgan fingerprint density at radius 3 is 2.65 bits per heavy atom. The summed E-state index contributed by atoms with van der Waals surface area (Å²) in [6.45, 7) is 5.65. The number of carbonyl (C=O) groups excluding carboxylic acids is 2. The Balaban J connectivity index is 1.44. The molecule has 4 rings (SSSR count). The lowest BCUT2D eigenvalue weighted by atomic mass is 9.92. The fourth-order valence-electron chi connectivity index (χ4n) is 4.67. The molecule has 0 saturated heterocycles. The van der Waals surface area contributed by atoms with E-state index in [9.17, 15) is 9.59 Å². The van der Waals surface area contributed by atoms with Crippen LogP contribution in [0.1, 0.15) is 75.7 Å². The number of hydrogen-bond donors (Lipinski definition) is 0. The van der Waals surface area contributed by atoms with Crippen molar-refractivity contribution in [3.05, 3.63) is 16.8 Å². The Hall–Kier alpha value is -2.22. The first-order chi connectivity index (χ1) is 14.8. The molecule has 2 aromatic heterocycles. The van der Waals surface area contributed by atoms with Crippen LogP contribution in [0, 0.1) is 0 Å². The van der Waals surface area contributed by atoms with Crippen LogP contribution in [0.25, 0.3) is 10.2 Å². The van der Waals surface area contributed by atoms with Crippen molar-refractivity contribution < 1.29 is 19.1 Å². The van der Waals surface area contributed by atoms with Crippen molar-refractivity contribution in [3.63, 3.8) is 0 Å². The van der Waals surface area contributed by atoms with E-state index in [1.165, 1.54) is 10.4 Å². The van der Waals surface area contributed by atoms with E-state index in [2.05, 4.69) is 9.97 Å². The van der Waals surface area contributed by atoms with Crippen LogP contribution in [0.3, 0.4) is 0 Å². The molecule has 0 radical (unpaired) electrons. The summed E-state index contributed by atoms with van der Waals surface area (Å²) >= 11 is 1.70. The van der Waals surface area contributed by atoms with Gasteiger partial charge in [0.05, 0.1) is 5.39 Å². The third-order valence-corrected chi connectivity index (χ3v) is 7.40. The predicted molar refractivity (Wildman–Crippen MR) is 120 cm³/mol. The molecule has 2 heterocycles. The molecular weight excluding hydrogens is 414 g/mol. The van der Waals surface area contributed by atoms with E-state index in [4.69, 9.17) is 9.47 Å². The highest BCUT2D eigenvalue weighted by Gasteiger charge is 2.33. The van der Waals surface area contributed by atoms with Gasteiger partial charge in [0.25, 0.3) is 0 Å². The molecule has 0 unspecified atom stereocenters. The van der Waals surface area contributed by atoms with Crippen LogP contribution in [-0.4, -0.2) is 52.0 Å². The van der Waals surface area contributed by atoms with E-state index in [0.29, 0.717) is 12.3 Å². The Kier molecular flexibility index (Phi) is 6.19. The standard InChI is InChI=1S/C23H31N3O4S/c1-23(2,3)30-22(28)26(4)15-6-8-16(9-7-15)29-20-19-18-14(11-12-27)5-10-17(18)31-21(19)25-13-24-20/h12-16H,5-11H2,1-4H3/t14-,15?,16?/m1/s1. The van der Waals surface area contributed by atoms with Crippen molar-refractivity contribution in [2.45, 2.75) is 89.4 Å². The molecule has 0 aliphatic heterocycles. The van der Waals surface area contributed by atoms with Crippen LogP contribution < -0.4 is 4.74 Å². The maximum Gasteiger partial charge on any atom is 0.410 e. The molecule has 1 fully saturated rings. The smallest absolute Gasteiger partial charge is 0.410 e. The lowest BCUT2D eigenvalue weighted by Gasteiger charge is -2.35. The van der Waals surface area contributed by atoms with E-state index in [0.717, 1.165) is 55.0 Å². The zero-order valence-electron chi connectivity index (χ0n) is 18.7. The first-order valence-electron chi connectivity index (χ1n) is 11.1. The summed E-state index contributed by atoms with van der Waals surface area (Å²) < 4.78 is 11.9. The summed E-state index contributed by atoms with van der Waals surface area (Å²) in [4.78, 5) is 36.4. The molecule has 31 heavy (non-hydrogen) atoms. The van der Waals surface area contributed by atoms with Crippen molar-refractivity contribution in [2.75, 3.05) is 7.05 Å². The topological polar surface area (TPSA) is 81.6 Å². The number of hydrogen-bond acceptors (Lipinski definition) is 7. The van der Waals surface area contributed by atoms with Crippen molar-refractivity contribution in [2.24, 2.45) is 0 Å². The molecule has 1 saturated carbocycles. The Morgan fingerprint density at radius 1 is 1.23 bits per heavy atom. The van der Waals surface area contributed by atoms with E-state index >= 15 is 0 Å². The van der Waals surface area contributed by atoms with Gasteiger partial charge in [-0.1, -0.05) is 0 Å². The minimum absolute atomic E-state index is 0.0582. The van der Waals surface area contributed by atoms with Gasteiger partial charge in [0.1, 0.15) is 29.1 Å². The third kappa shape index (κ3) is 4.68. The van der Waals surface area contributed by atoms with E-state index in [1.54, 1.807) is 22.6 Å². The first-order valence-corrected chi connectivity index (χ1v) is 11.9. The fraction of sp³-hybridized carbons (Fsp3) is 0.652. The molecule has 0 N–H and O–H groups in total.